The Hall–Kier alpha value is -3.69. The molecule has 1 aromatic heterocycles. The highest BCUT2D eigenvalue weighted by atomic mass is 19.4. The summed E-state index contributed by atoms with van der Waals surface area (Å²) in [5.74, 6) is -1.31. The summed E-state index contributed by atoms with van der Waals surface area (Å²) < 4.78 is 53.2. The second-order valence-electron chi connectivity index (χ2n) is 6.69. The summed E-state index contributed by atoms with van der Waals surface area (Å²) in [6, 6.07) is 8.67. The standard InChI is InChI=1S/C20H14F4N4O2/c21-13-6-4-11(5-7-13)15-10-25-28-16(9-17(29)27-18(15)28)19(30)26-14-3-1-2-12(8-14)20(22,23)24/h1-8,10,16H,9H2,(H,26,30)(H,27,29). The largest absolute Gasteiger partial charge is 0.416 e. The number of halogens is 4. The molecule has 0 fully saturated rings. The predicted molar refractivity (Wildman–Crippen MR) is 100.0 cm³/mol. The molecule has 4 rings (SSSR count). The normalized spacial score (nSPS) is 16.0. The van der Waals surface area contributed by atoms with Gasteiger partial charge in [-0.15, -0.1) is 0 Å². The van der Waals surface area contributed by atoms with Gasteiger partial charge in [0.15, 0.2) is 0 Å². The van der Waals surface area contributed by atoms with Crippen LogP contribution in [-0.2, 0) is 15.8 Å². The Kier molecular flexibility index (Phi) is 4.76. The van der Waals surface area contributed by atoms with Gasteiger partial charge in [-0.05, 0) is 35.9 Å². The number of alkyl halides is 3. The van der Waals surface area contributed by atoms with Crippen LogP contribution in [0.3, 0.4) is 0 Å². The number of anilines is 2. The van der Waals surface area contributed by atoms with Gasteiger partial charge in [0.05, 0.1) is 18.2 Å². The molecular formula is C20H14F4N4O2. The maximum Gasteiger partial charge on any atom is 0.416 e. The van der Waals surface area contributed by atoms with Crippen LogP contribution in [0, 0.1) is 5.82 Å². The molecule has 2 amide bonds. The van der Waals surface area contributed by atoms with Crippen molar-refractivity contribution in [3.63, 3.8) is 0 Å². The lowest BCUT2D eigenvalue weighted by molar-refractivity contribution is -0.137. The minimum absolute atomic E-state index is 0.0479. The van der Waals surface area contributed by atoms with E-state index in [1.54, 1.807) is 0 Å². The Bertz CT molecular complexity index is 1120. The van der Waals surface area contributed by atoms with Crippen molar-refractivity contribution in [2.75, 3.05) is 10.6 Å². The maximum atomic E-state index is 13.2. The van der Waals surface area contributed by atoms with Crippen LogP contribution in [0.15, 0.2) is 54.7 Å². The van der Waals surface area contributed by atoms with E-state index in [0.717, 1.165) is 12.1 Å². The molecule has 154 valence electrons. The van der Waals surface area contributed by atoms with Crippen molar-refractivity contribution in [3.05, 3.63) is 66.1 Å². The molecule has 10 heteroatoms. The molecular weight excluding hydrogens is 404 g/mol. The summed E-state index contributed by atoms with van der Waals surface area (Å²) in [5.41, 5.74) is 0.116. The van der Waals surface area contributed by atoms with Crippen molar-refractivity contribution in [3.8, 4) is 11.1 Å². The van der Waals surface area contributed by atoms with Crippen LogP contribution in [0.5, 0.6) is 0 Å². The fourth-order valence-electron chi connectivity index (χ4n) is 3.21. The fraction of sp³-hybridized carbons (Fsp3) is 0.150. The molecule has 0 bridgehead atoms. The van der Waals surface area contributed by atoms with Gasteiger partial charge < -0.3 is 10.6 Å². The molecule has 0 spiro atoms. The SMILES string of the molecule is O=C1CC(C(=O)Nc2cccc(C(F)(F)F)c2)n2ncc(-c3ccc(F)cc3)c2N1. The van der Waals surface area contributed by atoms with Crippen LogP contribution < -0.4 is 10.6 Å². The van der Waals surface area contributed by atoms with Gasteiger partial charge in [0.2, 0.25) is 11.8 Å². The number of carbonyl (C=O) groups is 2. The summed E-state index contributed by atoms with van der Waals surface area (Å²) in [4.78, 5) is 24.9. The van der Waals surface area contributed by atoms with Crippen LogP contribution in [0.25, 0.3) is 11.1 Å². The van der Waals surface area contributed by atoms with E-state index in [1.807, 2.05) is 0 Å². The van der Waals surface area contributed by atoms with Crippen molar-refractivity contribution < 1.29 is 27.2 Å². The first kappa shape index (κ1) is 19.6. The van der Waals surface area contributed by atoms with Gasteiger partial charge in [-0.2, -0.15) is 18.3 Å². The molecule has 1 aliphatic rings. The predicted octanol–water partition coefficient (Wildman–Crippen LogP) is 4.23. The summed E-state index contributed by atoms with van der Waals surface area (Å²) in [5, 5.41) is 9.21. The zero-order valence-corrected chi connectivity index (χ0v) is 15.2. The van der Waals surface area contributed by atoms with E-state index < -0.39 is 35.4 Å². The fourth-order valence-corrected chi connectivity index (χ4v) is 3.21. The summed E-state index contributed by atoms with van der Waals surface area (Å²) in [7, 11) is 0. The zero-order chi connectivity index (χ0) is 21.5. The van der Waals surface area contributed by atoms with E-state index in [9.17, 15) is 27.2 Å². The topological polar surface area (TPSA) is 76.0 Å². The first-order chi connectivity index (χ1) is 14.2. The molecule has 1 unspecified atom stereocenters. The Morgan fingerprint density at radius 1 is 1.17 bits per heavy atom. The van der Waals surface area contributed by atoms with Crippen LogP contribution in [0.4, 0.5) is 29.1 Å². The van der Waals surface area contributed by atoms with E-state index in [0.29, 0.717) is 11.1 Å². The summed E-state index contributed by atoms with van der Waals surface area (Å²) >= 11 is 0. The number of aromatic nitrogens is 2. The molecule has 0 aliphatic carbocycles. The minimum atomic E-state index is -4.55. The van der Waals surface area contributed by atoms with Gasteiger partial charge in [0.25, 0.3) is 0 Å². The second kappa shape index (κ2) is 7.29. The lowest BCUT2D eigenvalue weighted by atomic mass is 10.1. The van der Waals surface area contributed by atoms with Crippen LogP contribution in [0.2, 0.25) is 0 Å². The average Bonchev–Trinajstić information content (AvgIpc) is 3.11. The van der Waals surface area contributed by atoms with E-state index >= 15 is 0 Å². The molecule has 0 saturated carbocycles. The quantitative estimate of drug-likeness (QED) is 0.625. The number of benzene rings is 2. The highest BCUT2D eigenvalue weighted by Crippen LogP contribution is 2.35. The summed E-state index contributed by atoms with van der Waals surface area (Å²) in [6.07, 6.45) is -3.36. The van der Waals surface area contributed by atoms with E-state index in [1.165, 1.54) is 47.3 Å². The molecule has 3 aromatic rings. The van der Waals surface area contributed by atoms with Gasteiger partial charge in [-0.3, -0.25) is 9.59 Å². The number of nitrogens with zero attached hydrogens (tertiary/aromatic N) is 2. The lowest BCUT2D eigenvalue weighted by Crippen LogP contribution is -2.35. The molecule has 30 heavy (non-hydrogen) atoms. The van der Waals surface area contributed by atoms with Crippen LogP contribution in [-0.4, -0.2) is 21.6 Å². The number of amides is 2. The Morgan fingerprint density at radius 2 is 1.90 bits per heavy atom. The molecule has 2 heterocycles. The molecule has 1 atom stereocenters. The Balaban J connectivity index is 1.63. The van der Waals surface area contributed by atoms with Crippen molar-refractivity contribution in [1.82, 2.24) is 9.78 Å². The van der Waals surface area contributed by atoms with Crippen molar-refractivity contribution >= 4 is 23.3 Å². The highest BCUT2D eigenvalue weighted by Gasteiger charge is 2.34. The third-order valence-electron chi connectivity index (χ3n) is 4.64. The molecule has 6 nitrogen and oxygen atoms in total. The Morgan fingerprint density at radius 3 is 2.60 bits per heavy atom. The van der Waals surface area contributed by atoms with Crippen molar-refractivity contribution in [1.29, 1.82) is 0 Å². The Labute approximate surface area is 167 Å². The first-order valence-corrected chi connectivity index (χ1v) is 8.84. The van der Waals surface area contributed by atoms with Crippen molar-refractivity contribution in [2.45, 2.75) is 18.6 Å². The maximum absolute atomic E-state index is 13.2. The number of fused-ring (bicyclic) bond motifs is 1. The number of nitrogens with one attached hydrogen (secondary N) is 2. The van der Waals surface area contributed by atoms with Crippen LogP contribution >= 0.6 is 0 Å². The highest BCUT2D eigenvalue weighted by molar-refractivity contribution is 6.03. The molecule has 1 aliphatic heterocycles. The molecule has 2 aromatic carbocycles. The third-order valence-corrected chi connectivity index (χ3v) is 4.64. The van der Waals surface area contributed by atoms with Gasteiger partial charge in [-0.1, -0.05) is 18.2 Å². The monoisotopic (exact) mass is 418 g/mol. The average molecular weight is 418 g/mol. The second-order valence-corrected chi connectivity index (χ2v) is 6.69. The van der Waals surface area contributed by atoms with Gasteiger partial charge in [0.1, 0.15) is 17.7 Å². The van der Waals surface area contributed by atoms with E-state index in [-0.39, 0.29) is 17.9 Å². The third kappa shape index (κ3) is 3.76. The summed E-state index contributed by atoms with van der Waals surface area (Å²) in [6.45, 7) is 0. The van der Waals surface area contributed by atoms with Gasteiger partial charge in [-0.25, -0.2) is 9.07 Å². The van der Waals surface area contributed by atoms with Gasteiger partial charge in [0, 0.05) is 11.3 Å². The number of rotatable bonds is 3. The molecule has 0 radical (unpaired) electrons. The smallest absolute Gasteiger partial charge is 0.324 e. The van der Waals surface area contributed by atoms with Crippen LogP contribution in [0.1, 0.15) is 18.0 Å². The van der Waals surface area contributed by atoms with Crippen molar-refractivity contribution in [2.24, 2.45) is 0 Å². The van der Waals surface area contributed by atoms with Gasteiger partial charge >= 0.3 is 6.18 Å². The van der Waals surface area contributed by atoms with E-state index in [4.69, 9.17) is 0 Å². The lowest BCUT2D eigenvalue weighted by Gasteiger charge is -2.24. The number of hydrogen-bond acceptors (Lipinski definition) is 3. The zero-order valence-electron chi connectivity index (χ0n) is 15.2. The first-order valence-electron chi connectivity index (χ1n) is 8.84. The minimum Gasteiger partial charge on any atom is -0.324 e. The number of carbonyl (C=O) groups excluding carboxylic acids is 2. The molecule has 0 saturated heterocycles. The number of hydrogen-bond donors (Lipinski definition) is 2. The molecule has 2 N–H and O–H groups in total. The van der Waals surface area contributed by atoms with E-state index in [2.05, 4.69) is 15.7 Å².